The van der Waals surface area contributed by atoms with Crippen molar-refractivity contribution >= 4 is 11.7 Å². The standard InChI is InChI=1S/C15H25N3O3/c16-13(17-20)15(7-3-4-8-15)14(19)18-9-10-21-12-6-2-1-5-11(12)18/h11-12,20H,1-10H2,(H2,16,17). The van der Waals surface area contributed by atoms with Crippen LogP contribution in [0.1, 0.15) is 51.4 Å². The monoisotopic (exact) mass is 295 g/mol. The van der Waals surface area contributed by atoms with Crippen LogP contribution in [0.15, 0.2) is 5.16 Å². The van der Waals surface area contributed by atoms with E-state index >= 15 is 0 Å². The third-order valence-corrected chi connectivity index (χ3v) is 5.46. The number of hydrogen-bond acceptors (Lipinski definition) is 4. The van der Waals surface area contributed by atoms with Crippen LogP contribution < -0.4 is 5.73 Å². The van der Waals surface area contributed by atoms with E-state index in [1.54, 1.807) is 0 Å². The van der Waals surface area contributed by atoms with Gasteiger partial charge < -0.3 is 20.6 Å². The Balaban J connectivity index is 1.85. The first kappa shape index (κ1) is 14.6. The molecular formula is C15H25N3O3. The Labute approximate surface area is 125 Å². The fourth-order valence-electron chi connectivity index (χ4n) is 4.28. The highest BCUT2D eigenvalue weighted by Crippen LogP contribution is 2.42. The number of nitrogens with two attached hydrogens (primary N) is 1. The molecule has 3 aliphatic rings. The van der Waals surface area contributed by atoms with E-state index in [1.807, 2.05) is 4.90 Å². The number of carbonyl (C=O) groups is 1. The van der Waals surface area contributed by atoms with Crippen LogP contribution in [0.4, 0.5) is 0 Å². The maximum atomic E-state index is 13.2. The van der Waals surface area contributed by atoms with Crippen molar-refractivity contribution in [2.75, 3.05) is 13.2 Å². The quantitative estimate of drug-likeness (QED) is 0.349. The van der Waals surface area contributed by atoms with Gasteiger partial charge in [-0.05, 0) is 25.7 Å². The van der Waals surface area contributed by atoms with Crippen LogP contribution in [0.25, 0.3) is 0 Å². The van der Waals surface area contributed by atoms with Crippen molar-refractivity contribution in [3.8, 4) is 0 Å². The summed E-state index contributed by atoms with van der Waals surface area (Å²) in [7, 11) is 0. The molecule has 3 N–H and O–H groups in total. The van der Waals surface area contributed by atoms with Gasteiger partial charge in [-0.25, -0.2) is 0 Å². The smallest absolute Gasteiger partial charge is 0.236 e. The van der Waals surface area contributed by atoms with Crippen molar-refractivity contribution in [2.24, 2.45) is 16.3 Å². The molecule has 6 nitrogen and oxygen atoms in total. The second kappa shape index (κ2) is 5.83. The molecule has 0 aromatic heterocycles. The largest absolute Gasteiger partial charge is 0.409 e. The zero-order chi connectivity index (χ0) is 14.9. The number of rotatable bonds is 2. The third-order valence-electron chi connectivity index (χ3n) is 5.46. The average Bonchev–Trinajstić information content (AvgIpc) is 3.03. The summed E-state index contributed by atoms with van der Waals surface area (Å²) >= 11 is 0. The van der Waals surface area contributed by atoms with Crippen molar-refractivity contribution < 1.29 is 14.7 Å². The summed E-state index contributed by atoms with van der Waals surface area (Å²) < 4.78 is 5.84. The molecule has 1 amide bonds. The molecule has 3 rings (SSSR count). The number of carbonyl (C=O) groups excluding carboxylic acids is 1. The lowest BCUT2D eigenvalue weighted by molar-refractivity contribution is -0.156. The summed E-state index contributed by atoms with van der Waals surface area (Å²) in [6, 6.07) is 0.170. The molecular weight excluding hydrogens is 270 g/mol. The van der Waals surface area contributed by atoms with Crippen molar-refractivity contribution in [1.29, 1.82) is 0 Å². The Bertz CT molecular complexity index is 430. The number of hydrogen-bond donors (Lipinski definition) is 2. The summed E-state index contributed by atoms with van der Waals surface area (Å²) in [6.07, 6.45) is 7.82. The predicted molar refractivity (Wildman–Crippen MR) is 78.0 cm³/mol. The van der Waals surface area contributed by atoms with E-state index in [0.29, 0.717) is 26.0 Å². The molecule has 0 aromatic rings. The summed E-state index contributed by atoms with van der Waals surface area (Å²) in [5.74, 6) is 0.138. The van der Waals surface area contributed by atoms with Gasteiger partial charge in [0.2, 0.25) is 5.91 Å². The highest BCUT2D eigenvalue weighted by atomic mass is 16.5. The van der Waals surface area contributed by atoms with Gasteiger partial charge in [0.15, 0.2) is 5.84 Å². The van der Waals surface area contributed by atoms with Crippen LogP contribution in [0.3, 0.4) is 0 Å². The first-order valence-electron chi connectivity index (χ1n) is 8.10. The molecule has 2 aliphatic carbocycles. The minimum atomic E-state index is -0.784. The summed E-state index contributed by atoms with van der Waals surface area (Å²) in [5, 5.41) is 12.3. The number of morpholine rings is 1. The Morgan fingerprint density at radius 2 is 1.95 bits per heavy atom. The van der Waals surface area contributed by atoms with Crippen LogP contribution in [-0.2, 0) is 9.53 Å². The van der Waals surface area contributed by atoms with Gasteiger partial charge in [-0.15, -0.1) is 0 Å². The van der Waals surface area contributed by atoms with Gasteiger partial charge in [0, 0.05) is 6.54 Å². The van der Waals surface area contributed by atoms with Crippen LogP contribution >= 0.6 is 0 Å². The number of oxime groups is 1. The van der Waals surface area contributed by atoms with E-state index in [1.165, 1.54) is 6.42 Å². The molecule has 1 saturated heterocycles. The maximum Gasteiger partial charge on any atom is 0.236 e. The van der Waals surface area contributed by atoms with E-state index in [9.17, 15) is 4.79 Å². The molecule has 0 spiro atoms. The third kappa shape index (κ3) is 2.39. The Morgan fingerprint density at radius 3 is 2.67 bits per heavy atom. The zero-order valence-corrected chi connectivity index (χ0v) is 12.5. The number of nitrogens with zero attached hydrogens (tertiary/aromatic N) is 2. The molecule has 2 unspecified atom stereocenters. The average molecular weight is 295 g/mol. The van der Waals surface area contributed by atoms with E-state index in [-0.39, 0.29) is 23.9 Å². The molecule has 21 heavy (non-hydrogen) atoms. The van der Waals surface area contributed by atoms with Gasteiger partial charge in [-0.2, -0.15) is 0 Å². The van der Waals surface area contributed by atoms with Crippen LogP contribution in [-0.4, -0.2) is 47.1 Å². The molecule has 0 radical (unpaired) electrons. The lowest BCUT2D eigenvalue weighted by Crippen LogP contribution is -2.60. The second-order valence-corrected chi connectivity index (χ2v) is 6.53. The minimum Gasteiger partial charge on any atom is -0.409 e. The fourth-order valence-corrected chi connectivity index (χ4v) is 4.28. The maximum absolute atomic E-state index is 13.2. The Hall–Kier alpha value is -1.30. The Morgan fingerprint density at radius 1 is 1.24 bits per heavy atom. The highest BCUT2D eigenvalue weighted by Gasteiger charge is 2.50. The van der Waals surface area contributed by atoms with E-state index in [2.05, 4.69) is 5.16 Å². The molecule has 1 aliphatic heterocycles. The van der Waals surface area contributed by atoms with Gasteiger partial charge in [0.1, 0.15) is 5.41 Å². The molecule has 118 valence electrons. The number of amidine groups is 1. The first-order chi connectivity index (χ1) is 10.2. The van der Waals surface area contributed by atoms with Crippen molar-refractivity contribution in [3.63, 3.8) is 0 Å². The summed E-state index contributed by atoms with van der Waals surface area (Å²) in [4.78, 5) is 15.1. The number of amides is 1. The lowest BCUT2D eigenvalue weighted by Gasteiger charge is -2.46. The van der Waals surface area contributed by atoms with Crippen molar-refractivity contribution in [3.05, 3.63) is 0 Å². The fraction of sp³-hybridized carbons (Fsp3) is 0.867. The van der Waals surface area contributed by atoms with Gasteiger partial charge in [-0.3, -0.25) is 4.79 Å². The minimum absolute atomic E-state index is 0.0514. The molecule has 0 bridgehead atoms. The SMILES string of the molecule is NC(=NO)C1(C(=O)N2CCOC3CCCCC32)CCCC1. The second-order valence-electron chi connectivity index (χ2n) is 6.53. The van der Waals surface area contributed by atoms with Gasteiger partial charge in [0.05, 0.1) is 18.8 Å². The molecule has 2 saturated carbocycles. The van der Waals surface area contributed by atoms with Gasteiger partial charge >= 0.3 is 0 Å². The van der Waals surface area contributed by atoms with E-state index in [0.717, 1.165) is 32.1 Å². The van der Waals surface area contributed by atoms with Gasteiger partial charge in [-0.1, -0.05) is 30.8 Å². The molecule has 0 aromatic carbocycles. The van der Waals surface area contributed by atoms with Crippen LogP contribution in [0.2, 0.25) is 0 Å². The zero-order valence-electron chi connectivity index (χ0n) is 12.5. The molecule has 2 atom stereocenters. The molecule has 3 fully saturated rings. The van der Waals surface area contributed by atoms with Crippen molar-refractivity contribution in [2.45, 2.75) is 63.5 Å². The lowest BCUT2D eigenvalue weighted by atomic mass is 9.81. The molecule has 6 heteroatoms. The molecule has 1 heterocycles. The summed E-state index contributed by atoms with van der Waals surface area (Å²) in [5.41, 5.74) is 5.13. The number of fused-ring (bicyclic) bond motifs is 1. The van der Waals surface area contributed by atoms with Crippen LogP contribution in [0.5, 0.6) is 0 Å². The Kier molecular flexibility index (Phi) is 4.06. The van der Waals surface area contributed by atoms with Crippen molar-refractivity contribution in [1.82, 2.24) is 4.90 Å². The van der Waals surface area contributed by atoms with Crippen LogP contribution in [0, 0.1) is 5.41 Å². The van der Waals surface area contributed by atoms with E-state index < -0.39 is 5.41 Å². The summed E-state index contributed by atoms with van der Waals surface area (Å²) in [6.45, 7) is 1.22. The number of ether oxygens (including phenoxy) is 1. The van der Waals surface area contributed by atoms with Gasteiger partial charge in [0.25, 0.3) is 0 Å². The topological polar surface area (TPSA) is 88.2 Å². The van der Waals surface area contributed by atoms with E-state index in [4.69, 9.17) is 15.7 Å². The predicted octanol–water partition coefficient (Wildman–Crippen LogP) is 1.46. The highest BCUT2D eigenvalue weighted by molar-refractivity contribution is 6.07. The normalized spacial score (nSPS) is 32.8. The first-order valence-corrected chi connectivity index (χ1v) is 8.10.